The fourth-order valence-electron chi connectivity index (χ4n) is 2.50. The molecule has 19 heavy (non-hydrogen) atoms. The summed E-state index contributed by atoms with van der Waals surface area (Å²) in [6.45, 7) is 4.05. The summed E-state index contributed by atoms with van der Waals surface area (Å²) in [5.41, 5.74) is 1.76. The van der Waals surface area contributed by atoms with Gasteiger partial charge in [0.1, 0.15) is 5.52 Å². The lowest BCUT2D eigenvalue weighted by Crippen LogP contribution is -2.21. The number of hydrogen-bond donors (Lipinski definition) is 1. The fraction of sp³-hybridized carbons (Fsp3) is 0.600. The average molecular weight is 261 g/mol. The van der Waals surface area contributed by atoms with Crippen molar-refractivity contribution in [2.24, 2.45) is 0 Å². The molecular formula is C15H23N3O. The molecule has 0 aliphatic rings. The number of unbranched alkanes of at least 4 members (excludes halogenated alkanes) is 3. The molecule has 0 saturated heterocycles. The Morgan fingerprint density at radius 3 is 2.84 bits per heavy atom. The lowest BCUT2D eigenvalue weighted by Gasteiger charge is -2.21. The molecule has 2 aromatic rings. The molecule has 0 fully saturated rings. The number of hydrogen-bond acceptors (Lipinski definition) is 3. The molecule has 2 unspecified atom stereocenters. The molecule has 2 atom stereocenters. The normalized spacial score (nSPS) is 14.7. The van der Waals surface area contributed by atoms with Crippen molar-refractivity contribution >= 4 is 11.2 Å². The van der Waals surface area contributed by atoms with Crippen LogP contribution in [-0.4, -0.2) is 25.7 Å². The van der Waals surface area contributed by atoms with Crippen LogP contribution in [0.3, 0.4) is 0 Å². The first-order valence-corrected chi connectivity index (χ1v) is 7.19. The average Bonchev–Trinajstić information content (AvgIpc) is 2.82. The van der Waals surface area contributed by atoms with Gasteiger partial charge in [0.2, 0.25) is 0 Å². The molecule has 2 heterocycles. The van der Waals surface area contributed by atoms with E-state index in [0.29, 0.717) is 0 Å². The summed E-state index contributed by atoms with van der Waals surface area (Å²) in [7, 11) is 0. The second-order valence-electron chi connectivity index (χ2n) is 5.16. The third kappa shape index (κ3) is 3.32. The topological polar surface area (TPSA) is 50.9 Å². The maximum absolute atomic E-state index is 10.0. The lowest BCUT2D eigenvalue weighted by atomic mass is 10.0. The first kappa shape index (κ1) is 14.0. The van der Waals surface area contributed by atoms with Crippen LogP contribution < -0.4 is 0 Å². The fourth-order valence-corrected chi connectivity index (χ4v) is 2.50. The van der Waals surface area contributed by atoms with E-state index < -0.39 is 0 Å². The van der Waals surface area contributed by atoms with E-state index in [1.54, 1.807) is 12.5 Å². The van der Waals surface area contributed by atoms with Crippen LogP contribution in [0.1, 0.15) is 52.0 Å². The Labute approximate surface area is 114 Å². The summed E-state index contributed by atoms with van der Waals surface area (Å²) in [4.78, 5) is 8.73. The second kappa shape index (κ2) is 6.66. The molecule has 4 heteroatoms. The molecule has 2 aromatic heterocycles. The molecule has 0 amide bonds. The summed E-state index contributed by atoms with van der Waals surface area (Å²) in [6, 6.07) is 3.91. The molecule has 0 saturated carbocycles. The Morgan fingerprint density at radius 1 is 1.26 bits per heavy atom. The Hall–Kier alpha value is -1.42. The highest BCUT2D eigenvalue weighted by Crippen LogP contribution is 2.24. The van der Waals surface area contributed by atoms with Gasteiger partial charge < -0.3 is 9.67 Å². The van der Waals surface area contributed by atoms with Crippen molar-refractivity contribution in [2.45, 2.75) is 58.1 Å². The zero-order valence-corrected chi connectivity index (χ0v) is 11.8. The van der Waals surface area contributed by atoms with Crippen LogP contribution in [0, 0.1) is 0 Å². The van der Waals surface area contributed by atoms with Gasteiger partial charge in [-0.05, 0) is 25.5 Å². The van der Waals surface area contributed by atoms with Crippen molar-refractivity contribution < 1.29 is 5.11 Å². The minimum atomic E-state index is -0.388. The van der Waals surface area contributed by atoms with Crippen molar-refractivity contribution in [3.63, 3.8) is 0 Å². The third-order valence-corrected chi connectivity index (χ3v) is 3.60. The smallest absolute Gasteiger partial charge is 0.160 e. The van der Waals surface area contributed by atoms with Crippen LogP contribution in [-0.2, 0) is 0 Å². The number of pyridine rings is 1. The number of aliphatic hydroxyl groups excluding tert-OH is 1. The van der Waals surface area contributed by atoms with Crippen molar-refractivity contribution in [1.29, 1.82) is 0 Å². The predicted octanol–water partition coefficient (Wildman–Crippen LogP) is 3.32. The van der Waals surface area contributed by atoms with Gasteiger partial charge in [-0.15, -0.1) is 0 Å². The number of nitrogens with zero attached hydrogens (tertiary/aromatic N) is 3. The van der Waals surface area contributed by atoms with Crippen LogP contribution in [0.2, 0.25) is 0 Å². The standard InChI is InChI=1S/C15H23N3O/c1-3-4-5-6-9-14(12(2)19)18-11-17-13-8-7-10-16-15(13)18/h7-8,10-12,14,19H,3-6,9H2,1-2H3. The van der Waals surface area contributed by atoms with Gasteiger partial charge in [0.05, 0.1) is 18.5 Å². The Morgan fingerprint density at radius 2 is 2.11 bits per heavy atom. The molecule has 4 nitrogen and oxygen atoms in total. The monoisotopic (exact) mass is 261 g/mol. The van der Waals surface area contributed by atoms with Gasteiger partial charge in [0.25, 0.3) is 0 Å². The molecule has 0 aliphatic carbocycles. The minimum Gasteiger partial charge on any atom is -0.391 e. The molecule has 0 aromatic carbocycles. The maximum atomic E-state index is 10.0. The largest absolute Gasteiger partial charge is 0.391 e. The number of aromatic nitrogens is 3. The Bertz CT molecular complexity index is 507. The SMILES string of the molecule is CCCCCCC(C(C)O)n1cnc2cccnc21. The third-order valence-electron chi connectivity index (χ3n) is 3.60. The highest BCUT2D eigenvalue weighted by Gasteiger charge is 2.19. The minimum absolute atomic E-state index is 0.0664. The van der Waals surface area contributed by atoms with Gasteiger partial charge in [0, 0.05) is 6.20 Å². The zero-order chi connectivity index (χ0) is 13.7. The quantitative estimate of drug-likeness (QED) is 0.778. The van der Waals surface area contributed by atoms with E-state index in [9.17, 15) is 5.11 Å². The van der Waals surface area contributed by atoms with Crippen molar-refractivity contribution in [3.05, 3.63) is 24.7 Å². The van der Waals surface area contributed by atoms with Crippen molar-refractivity contribution in [2.75, 3.05) is 0 Å². The second-order valence-corrected chi connectivity index (χ2v) is 5.16. The highest BCUT2D eigenvalue weighted by atomic mass is 16.3. The molecule has 1 N–H and O–H groups in total. The number of fused-ring (bicyclic) bond motifs is 1. The maximum Gasteiger partial charge on any atom is 0.160 e. The molecule has 0 aliphatic heterocycles. The lowest BCUT2D eigenvalue weighted by molar-refractivity contribution is 0.124. The number of imidazole rings is 1. The predicted molar refractivity (Wildman–Crippen MR) is 77.0 cm³/mol. The van der Waals surface area contributed by atoms with Gasteiger partial charge in [-0.3, -0.25) is 0 Å². The molecule has 0 bridgehead atoms. The Balaban J connectivity index is 2.14. The van der Waals surface area contributed by atoms with Gasteiger partial charge in [-0.2, -0.15) is 0 Å². The molecule has 2 rings (SSSR count). The molecular weight excluding hydrogens is 238 g/mol. The van der Waals surface area contributed by atoms with Gasteiger partial charge in [-0.25, -0.2) is 9.97 Å². The van der Waals surface area contributed by atoms with E-state index in [4.69, 9.17) is 0 Å². The van der Waals surface area contributed by atoms with E-state index in [1.807, 2.05) is 23.6 Å². The van der Waals surface area contributed by atoms with Gasteiger partial charge in [-0.1, -0.05) is 32.6 Å². The highest BCUT2D eigenvalue weighted by molar-refractivity contribution is 5.70. The van der Waals surface area contributed by atoms with Crippen molar-refractivity contribution in [1.82, 2.24) is 14.5 Å². The summed E-state index contributed by atoms with van der Waals surface area (Å²) >= 11 is 0. The van der Waals surface area contributed by atoms with Gasteiger partial charge in [0.15, 0.2) is 5.65 Å². The van der Waals surface area contributed by atoms with E-state index in [2.05, 4.69) is 16.9 Å². The van der Waals surface area contributed by atoms with E-state index in [1.165, 1.54) is 19.3 Å². The van der Waals surface area contributed by atoms with Gasteiger partial charge >= 0.3 is 0 Å². The summed E-state index contributed by atoms with van der Waals surface area (Å²) in [5.74, 6) is 0. The molecule has 0 radical (unpaired) electrons. The van der Waals surface area contributed by atoms with E-state index in [0.717, 1.165) is 24.0 Å². The molecule has 104 valence electrons. The van der Waals surface area contributed by atoms with Crippen molar-refractivity contribution in [3.8, 4) is 0 Å². The van der Waals surface area contributed by atoms with E-state index >= 15 is 0 Å². The van der Waals surface area contributed by atoms with Crippen LogP contribution in [0.5, 0.6) is 0 Å². The van der Waals surface area contributed by atoms with Crippen LogP contribution in [0.15, 0.2) is 24.7 Å². The summed E-state index contributed by atoms with van der Waals surface area (Å²) in [5, 5.41) is 10.0. The van der Waals surface area contributed by atoms with Crippen LogP contribution >= 0.6 is 0 Å². The Kier molecular flexibility index (Phi) is 4.91. The van der Waals surface area contributed by atoms with Crippen LogP contribution in [0.4, 0.5) is 0 Å². The number of rotatable bonds is 7. The van der Waals surface area contributed by atoms with E-state index in [-0.39, 0.29) is 12.1 Å². The summed E-state index contributed by atoms with van der Waals surface area (Å²) in [6.07, 6.45) is 9.01. The van der Waals surface area contributed by atoms with Crippen LogP contribution in [0.25, 0.3) is 11.2 Å². The molecule has 0 spiro atoms. The first-order valence-electron chi connectivity index (χ1n) is 7.19. The zero-order valence-electron chi connectivity index (χ0n) is 11.8. The summed E-state index contributed by atoms with van der Waals surface area (Å²) < 4.78 is 2.02. The number of aliphatic hydroxyl groups is 1. The first-order chi connectivity index (χ1) is 9.24.